The average molecular weight is 546 g/mol. The minimum atomic E-state index is -4.87. The van der Waals surface area contributed by atoms with Crippen LogP contribution in [0.4, 0.5) is 24.0 Å². The van der Waals surface area contributed by atoms with Crippen LogP contribution in [0.15, 0.2) is 47.8 Å². The highest BCUT2D eigenvalue weighted by Crippen LogP contribution is 2.35. The number of carbonyl (C=O) groups excluding carboxylic acids is 2. The van der Waals surface area contributed by atoms with Crippen molar-refractivity contribution in [1.29, 1.82) is 0 Å². The predicted octanol–water partition coefficient (Wildman–Crippen LogP) is 5.53. The van der Waals surface area contributed by atoms with Gasteiger partial charge >= 0.3 is 6.36 Å². The first-order valence-corrected chi connectivity index (χ1v) is 11.7. The molecule has 1 N–H and O–H groups in total. The highest BCUT2D eigenvalue weighted by atomic mass is 35.5. The van der Waals surface area contributed by atoms with Gasteiger partial charge in [0, 0.05) is 23.5 Å². The topological polar surface area (TPSA) is 83.0 Å². The summed E-state index contributed by atoms with van der Waals surface area (Å²) < 4.78 is 41.5. The zero-order chi connectivity index (χ0) is 25.3. The van der Waals surface area contributed by atoms with Gasteiger partial charge in [-0.25, -0.2) is 4.98 Å². The van der Waals surface area contributed by atoms with Crippen LogP contribution >= 0.6 is 34.5 Å². The number of amides is 2. The number of β-amino-alcohol motifs (C(OH)–C–C–N with tert-alkyl or cyclic N) is 1. The van der Waals surface area contributed by atoms with Gasteiger partial charge in [-0.3, -0.25) is 14.5 Å². The summed E-state index contributed by atoms with van der Waals surface area (Å²) >= 11 is 13.1. The molecule has 1 unspecified atom stereocenters. The van der Waals surface area contributed by atoms with Crippen LogP contribution in [0.25, 0.3) is 0 Å². The number of halogens is 5. The largest absolute Gasteiger partial charge is 0.573 e. The van der Waals surface area contributed by atoms with Crippen LogP contribution in [0.5, 0.6) is 5.75 Å². The van der Waals surface area contributed by atoms with E-state index in [1.807, 2.05) is 0 Å². The normalized spacial score (nSPS) is 15.8. The van der Waals surface area contributed by atoms with Crippen molar-refractivity contribution in [2.24, 2.45) is 0 Å². The van der Waals surface area contributed by atoms with Gasteiger partial charge in [-0.1, -0.05) is 23.2 Å². The van der Waals surface area contributed by atoms with Gasteiger partial charge < -0.3 is 14.7 Å². The van der Waals surface area contributed by atoms with E-state index in [1.54, 1.807) is 0 Å². The number of ether oxygens (including phenoxy) is 1. The van der Waals surface area contributed by atoms with Crippen LogP contribution in [-0.2, 0) is 0 Å². The molecule has 1 aromatic heterocycles. The molecule has 35 heavy (non-hydrogen) atoms. The van der Waals surface area contributed by atoms with Crippen LogP contribution < -0.4 is 9.64 Å². The molecule has 0 saturated carbocycles. The molecule has 1 saturated heterocycles. The maximum atomic E-state index is 13.5. The molecular formula is C22H16Cl2F3N3O4S. The molecule has 1 atom stereocenters. The number of aliphatic hydroxyl groups excluding tert-OH is 1. The standard InChI is InChI=1S/C22H16Cl2F3N3O4S/c23-12-1-6-16(17(24)9-12)19(32)30(13-2-4-15(5-3-13)34-22(25,26)27)21-28-18(11-35-21)20(33)29-8-7-14(31)10-29/h1-6,9,11,14,31H,7-8,10H2. The summed E-state index contributed by atoms with van der Waals surface area (Å²) in [5, 5.41) is 11.6. The van der Waals surface area contributed by atoms with Crippen LogP contribution in [-0.4, -0.2) is 52.4 Å². The summed E-state index contributed by atoms with van der Waals surface area (Å²) in [6.45, 7) is 0.548. The Hall–Kier alpha value is -2.86. The lowest BCUT2D eigenvalue weighted by Gasteiger charge is -2.21. The first kappa shape index (κ1) is 25.2. The number of aliphatic hydroxyl groups is 1. The summed E-state index contributed by atoms with van der Waals surface area (Å²) in [5.74, 6) is -1.52. The zero-order valence-corrected chi connectivity index (χ0v) is 20.0. The van der Waals surface area contributed by atoms with Gasteiger partial charge in [-0.2, -0.15) is 0 Å². The van der Waals surface area contributed by atoms with E-state index in [4.69, 9.17) is 23.2 Å². The van der Waals surface area contributed by atoms with Crippen molar-refractivity contribution in [1.82, 2.24) is 9.88 Å². The van der Waals surface area contributed by atoms with E-state index < -0.39 is 30.0 Å². The molecule has 0 aliphatic carbocycles. The fourth-order valence-corrected chi connectivity index (χ4v) is 4.75. The second kappa shape index (κ2) is 10.0. The molecule has 1 fully saturated rings. The van der Waals surface area contributed by atoms with Crippen molar-refractivity contribution in [3.63, 3.8) is 0 Å². The number of thiazole rings is 1. The monoisotopic (exact) mass is 545 g/mol. The van der Waals surface area contributed by atoms with Crippen molar-refractivity contribution < 1.29 is 32.6 Å². The third-order valence-corrected chi connectivity index (χ3v) is 6.42. The zero-order valence-electron chi connectivity index (χ0n) is 17.6. The molecule has 0 spiro atoms. The summed E-state index contributed by atoms with van der Waals surface area (Å²) in [7, 11) is 0. The van der Waals surface area contributed by atoms with E-state index in [1.165, 1.54) is 40.6 Å². The number of carbonyl (C=O) groups is 2. The second-order valence-corrected chi connectivity index (χ2v) is 9.20. The van der Waals surface area contributed by atoms with Gasteiger partial charge in [0.05, 0.1) is 22.4 Å². The summed E-state index contributed by atoms with van der Waals surface area (Å²) in [4.78, 5) is 33.2. The summed E-state index contributed by atoms with van der Waals surface area (Å²) in [6.07, 6.45) is -5.03. The second-order valence-electron chi connectivity index (χ2n) is 7.52. The SMILES string of the molecule is O=C(c1csc(N(C(=O)c2ccc(Cl)cc2Cl)c2ccc(OC(F)(F)F)cc2)n1)N1CCC(O)C1. The van der Waals surface area contributed by atoms with E-state index in [-0.39, 0.29) is 33.6 Å². The lowest BCUT2D eigenvalue weighted by Crippen LogP contribution is -2.30. The lowest BCUT2D eigenvalue weighted by atomic mass is 10.2. The third kappa shape index (κ3) is 5.87. The van der Waals surface area contributed by atoms with Crippen molar-refractivity contribution in [3.05, 3.63) is 69.1 Å². The maximum Gasteiger partial charge on any atom is 0.573 e. The smallest absolute Gasteiger partial charge is 0.406 e. The number of likely N-dealkylation sites (tertiary alicyclic amines) is 1. The van der Waals surface area contributed by atoms with Crippen LogP contribution in [0.1, 0.15) is 27.3 Å². The van der Waals surface area contributed by atoms with Crippen molar-refractivity contribution in [2.45, 2.75) is 18.9 Å². The van der Waals surface area contributed by atoms with E-state index in [2.05, 4.69) is 9.72 Å². The van der Waals surface area contributed by atoms with E-state index in [0.717, 1.165) is 28.4 Å². The van der Waals surface area contributed by atoms with Gasteiger partial charge in [0.1, 0.15) is 11.4 Å². The Labute approximate surface area is 211 Å². The molecule has 13 heteroatoms. The van der Waals surface area contributed by atoms with Crippen LogP contribution in [0.2, 0.25) is 10.0 Å². The molecule has 1 aliphatic heterocycles. The molecule has 2 aromatic carbocycles. The molecular weight excluding hydrogens is 530 g/mol. The highest BCUT2D eigenvalue weighted by Gasteiger charge is 2.32. The Kier molecular flexibility index (Phi) is 7.22. The van der Waals surface area contributed by atoms with Gasteiger partial charge in [0.2, 0.25) is 0 Å². The Bertz CT molecular complexity index is 1250. The van der Waals surface area contributed by atoms with E-state index in [9.17, 15) is 27.9 Å². The van der Waals surface area contributed by atoms with Crippen molar-refractivity contribution in [3.8, 4) is 5.75 Å². The van der Waals surface area contributed by atoms with Crippen LogP contribution in [0, 0.1) is 0 Å². The molecule has 0 radical (unpaired) electrons. The average Bonchev–Trinajstić information content (AvgIpc) is 3.43. The third-order valence-electron chi connectivity index (χ3n) is 5.05. The summed E-state index contributed by atoms with van der Waals surface area (Å²) in [6, 6.07) is 8.87. The van der Waals surface area contributed by atoms with E-state index >= 15 is 0 Å². The minimum Gasteiger partial charge on any atom is -0.406 e. The number of hydrogen-bond donors (Lipinski definition) is 1. The number of benzene rings is 2. The number of aromatic nitrogens is 1. The molecule has 7 nitrogen and oxygen atoms in total. The van der Waals surface area contributed by atoms with E-state index in [0.29, 0.717) is 18.0 Å². The first-order valence-electron chi connectivity index (χ1n) is 10.1. The van der Waals surface area contributed by atoms with Crippen molar-refractivity contribution in [2.75, 3.05) is 18.0 Å². The quantitative estimate of drug-likeness (QED) is 0.455. The number of hydrogen-bond acceptors (Lipinski definition) is 6. The molecule has 0 bridgehead atoms. The fourth-order valence-electron chi connectivity index (χ4n) is 3.45. The Balaban J connectivity index is 1.70. The molecule has 184 valence electrons. The van der Waals surface area contributed by atoms with Gasteiger partial charge in [0.25, 0.3) is 11.8 Å². The number of alkyl halides is 3. The number of anilines is 2. The maximum absolute atomic E-state index is 13.5. The molecule has 2 amide bonds. The molecule has 3 aromatic rings. The first-order chi connectivity index (χ1) is 16.5. The van der Waals surface area contributed by atoms with Gasteiger partial charge in [0.15, 0.2) is 5.13 Å². The van der Waals surface area contributed by atoms with Gasteiger partial charge in [-0.05, 0) is 48.9 Å². The molecule has 1 aliphatic rings. The molecule has 4 rings (SSSR count). The number of nitrogens with zero attached hydrogens (tertiary/aromatic N) is 3. The fraction of sp³-hybridized carbons (Fsp3) is 0.227. The Morgan fingerprint density at radius 1 is 1.17 bits per heavy atom. The van der Waals surface area contributed by atoms with Crippen molar-refractivity contribution >= 4 is 57.2 Å². The summed E-state index contributed by atoms with van der Waals surface area (Å²) in [5.41, 5.74) is 0.300. The van der Waals surface area contributed by atoms with Crippen LogP contribution in [0.3, 0.4) is 0 Å². The van der Waals surface area contributed by atoms with Gasteiger partial charge in [-0.15, -0.1) is 24.5 Å². The lowest BCUT2D eigenvalue weighted by molar-refractivity contribution is -0.274. The highest BCUT2D eigenvalue weighted by molar-refractivity contribution is 7.14. The Morgan fingerprint density at radius 3 is 2.49 bits per heavy atom. The Morgan fingerprint density at radius 2 is 1.89 bits per heavy atom. The number of rotatable bonds is 5. The minimum absolute atomic E-state index is 0.0587. The predicted molar refractivity (Wildman–Crippen MR) is 125 cm³/mol. The molecule has 2 heterocycles.